The van der Waals surface area contributed by atoms with E-state index in [9.17, 15) is 19.5 Å². The van der Waals surface area contributed by atoms with Crippen LogP contribution >= 0.6 is 11.8 Å². The van der Waals surface area contributed by atoms with Gasteiger partial charge in [0, 0.05) is 0 Å². The van der Waals surface area contributed by atoms with Crippen molar-refractivity contribution in [3.8, 4) is 11.5 Å². The molecule has 1 saturated heterocycles. The van der Waals surface area contributed by atoms with Crippen LogP contribution in [0.15, 0.2) is 53.4 Å². The van der Waals surface area contributed by atoms with Gasteiger partial charge in [0.25, 0.3) is 11.1 Å². The van der Waals surface area contributed by atoms with Crippen molar-refractivity contribution < 1.29 is 24.2 Å². The summed E-state index contributed by atoms with van der Waals surface area (Å²) in [6.45, 7) is -0.436. The van der Waals surface area contributed by atoms with E-state index in [1.165, 1.54) is 19.2 Å². The van der Waals surface area contributed by atoms with Crippen LogP contribution in [0.25, 0.3) is 6.08 Å². The number of para-hydroxylation sites is 2. The van der Waals surface area contributed by atoms with E-state index in [2.05, 4.69) is 5.32 Å². The first-order valence-corrected chi connectivity index (χ1v) is 8.77. The second-order valence-corrected chi connectivity index (χ2v) is 6.60. The summed E-state index contributed by atoms with van der Waals surface area (Å²) < 4.78 is 5.14. The van der Waals surface area contributed by atoms with Gasteiger partial charge in [-0.05, 0) is 47.7 Å². The molecule has 0 bridgehead atoms. The lowest BCUT2D eigenvalue weighted by Crippen LogP contribution is -2.36. The number of thioether (sulfide) groups is 1. The molecule has 3 rings (SSSR count). The van der Waals surface area contributed by atoms with Gasteiger partial charge in [-0.2, -0.15) is 0 Å². The maximum atomic E-state index is 12.5. The Bertz CT molecular complexity index is 941. The van der Waals surface area contributed by atoms with Crippen molar-refractivity contribution in [1.82, 2.24) is 4.90 Å². The predicted molar refractivity (Wildman–Crippen MR) is 102 cm³/mol. The number of nitrogens with one attached hydrogen (secondary N) is 1. The molecule has 1 aliphatic heterocycles. The predicted octanol–water partition coefficient (Wildman–Crippen LogP) is 3.08. The molecular formula is C19H16N2O5S. The van der Waals surface area contributed by atoms with Gasteiger partial charge < -0.3 is 15.2 Å². The Morgan fingerprint density at radius 2 is 2.00 bits per heavy atom. The van der Waals surface area contributed by atoms with Crippen molar-refractivity contribution in [3.63, 3.8) is 0 Å². The quantitative estimate of drug-likeness (QED) is 0.608. The van der Waals surface area contributed by atoms with Gasteiger partial charge in [-0.25, -0.2) is 0 Å². The summed E-state index contributed by atoms with van der Waals surface area (Å²) in [6.07, 6.45) is 1.58. The van der Waals surface area contributed by atoms with Crippen molar-refractivity contribution in [2.45, 2.75) is 0 Å². The molecule has 0 aromatic heterocycles. The van der Waals surface area contributed by atoms with Gasteiger partial charge in [-0.15, -0.1) is 0 Å². The van der Waals surface area contributed by atoms with Gasteiger partial charge in [0.1, 0.15) is 18.0 Å². The molecule has 0 saturated carbocycles. The summed E-state index contributed by atoms with van der Waals surface area (Å²) in [7, 11) is 1.54. The van der Waals surface area contributed by atoms with Crippen LogP contribution in [-0.4, -0.2) is 40.7 Å². The van der Waals surface area contributed by atoms with E-state index in [1.54, 1.807) is 42.5 Å². The van der Waals surface area contributed by atoms with E-state index in [4.69, 9.17) is 4.74 Å². The van der Waals surface area contributed by atoms with Crippen LogP contribution in [0.2, 0.25) is 0 Å². The third-order valence-corrected chi connectivity index (χ3v) is 4.65. The number of aromatic hydroxyl groups is 1. The fourth-order valence-corrected chi connectivity index (χ4v) is 3.27. The van der Waals surface area contributed by atoms with E-state index in [-0.39, 0.29) is 16.3 Å². The number of amides is 3. The van der Waals surface area contributed by atoms with E-state index in [1.807, 2.05) is 0 Å². The van der Waals surface area contributed by atoms with Crippen LogP contribution in [-0.2, 0) is 9.59 Å². The molecule has 27 heavy (non-hydrogen) atoms. The van der Waals surface area contributed by atoms with Crippen LogP contribution in [0, 0.1) is 0 Å². The molecule has 1 heterocycles. The highest BCUT2D eigenvalue weighted by molar-refractivity contribution is 8.18. The number of rotatable bonds is 5. The normalized spacial score (nSPS) is 15.3. The molecule has 138 valence electrons. The lowest BCUT2D eigenvalue weighted by atomic mass is 10.2. The molecule has 0 aliphatic carbocycles. The minimum Gasteiger partial charge on any atom is -0.506 e. The van der Waals surface area contributed by atoms with E-state index in [0.29, 0.717) is 11.3 Å². The number of imide groups is 1. The third kappa shape index (κ3) is 4.29. The largest absolute Gasteiger partial charge is 0.506 e. The molecule has 1 fully saturated rings. The van der Waals surface area contributed by atoms with Gasteiger partial charge in [0.2, 0.25) is 5.91 Å². The Morgan fingerprint density at radius 1 is 1.22 bits per heavy atom. The number of hydrogen-bond acceptors (Lipinski definition) is 6. The lowest BCUT2D eigenvalue weighted by Gasteiger charge is -2.13. The van der Waals surface area contributed by atoms with Gasteiger partial charge in [0.15, 0.2) is 0 Å². The minimum atomic E-state index is -0.582. The van der Waals surface area contributed by atoms with E-state index < -0.39 is 23.6 Å². The van der Waals surface area contributed by atoms with Gasteiger partial charge in [-0.3, -0.25) is 19.3 Å². The molecule has 7 nitrogen and oxygen atoms in total. The van der Waals surface area contributed by atoms with Crippen LogP contribution in [0.1, 0.15) is 5.56 Å². The number of ether oxygens (including phenoxy) is 1. The zero-order valence-corrected chi connectivity index (χ0v) is 15.2. The second kappa shape index (κ2) is 7.96. The first-order valence-electron chi connectivity index (χ1n) is 7.95. The number of hydrogen-bond donors (Lipinski definition) is 2. The molecule has 1 aliphatic rings. The number of phenolic OH excluding ortho intramolecular Hbond substituents is 1. The molecule has 2 aromatic carbocycles. The van der Waals surface area contributed by atoms with Crippen molar-refractivity contribution in [1.29, 1.82) is 0 Å². The summed E-state index contributed by atoms with van der Waals surface area (Å²) in [5.74, 6) is -0.593. The number of carbonyl (C=O) groups is 3. The smallest absolute Gasteiger partial charge is 0.294 e. The number of nitrogens with zero attached hydrogens (tertiary/aromatic N) is 1. The number of phenols is 1. The summed E-state index contributed by atoms with van der Waals surface area (Å²) >= 11 is 0.770. The Kier molecular flexibility index (Phi) is 5.46. The summed E-state index contributed by atoms with van der Waals surface area (Å²) in [5, 5.41) is 11.6. The molecule has 2 N–H and O–H groups in total. The van der Waals surface area contributed by atoms with Crippen LogP contribution in [0.5, 0.6) is 11.5 Å². The van der Waals surface area contributed by atoms with E-state index >= 15 is 0 Å². The zero-order chi connectivity index (χ0) is 19.4. The molecule has 0 atom stereocenters. The molecule has 2 aromatic rings. The SMILES string of the molecule is COc1cccc(/C=C2\SC(=O)N(CC(=O)Nc3ccccc3O)C2=O)c1. The topological polar surface area (TPSA) is 95.9 Å². The van der Waals surface area contributed by atoms with Gasteiger partial charge in [0.05, 0.1) is 17.7 Å². The molecule has 8 heteroatoms. The number of methoxy groups -OCH3 is 1. The van der Waals surface area contributed by atoms with Gasteiger partial charge in [-0.1, -0.05) is 24.3 Å². The fraction of sp³-hybridized carbons (Fsp3) is 0.105. The maximum absolute atomic E-state index is 12.5. The minimum absolute atomic E-state index is 0.0992. The Hall–Kier alpha value is -3.26. The first kappa shape index (κ1) is 18.5. The average Bonchev–Trinajstić information content (AvgIpc) is 2.91. The standard InChI is InChI=1S/C19H16N2O5S/c1-26-13-6-4-5-12(9-13)10-16-18(24)21(19(25)27-16)11-17(23)20-14-7-2-3-8-15(14)22/h2-10,22H,11H2,1H3,(H,20,23)/b16-10-. The van der Waals surface area contributed by atoms with Crippen molar-refractivity contribution >= 4 is 40.6 Å². The molecule has 3 amide bonds. The third-order valence-electron chi connectivity index (χ3n) is 3.75. The molecule has 0 radical (unpaired) electrons. The molecular weight excluding hydrogens is 368 g/mol. The fourth-order valence-electron chi connectivity index (χ4n) is 2.43. The van der Waals surface area contributed by atoms with Crippen LogP contribution in [0.3, 0.4) is 0 Å². The Morgan fingerprint density at radius 3 is 2.74 bits per heavy atom. The summed E-state index contributed by atoms with van der Waals surface area (Å²) in [6, 6.07) is 13.3. The number of benzene rings is 2. The number of carbonyl (C=O) groups excluding carboxylic acids is 3. The van der Waals surface area contributed by atoms with E-state index in [0.717, 1.165) is 16.7 Å². The molecule has 0 unspecified atom stereocenters. The average molecular weight is 384 g/mol. The maximum Gasteiger partial charge on any atom is 0.294 e. The van der Waals surface area contributed by atoms with Crippen LogP contribution < -0.4 is 10.1 Å². The first-order chi connectivity index (χ1) is 13.0. The summed E-state index contributed by atoms with van der Waals surface area (Å²) in [4.78, 5) is 37.9. The number of anilines is 1. The van der Waals surface area contributed by atoms with Crippen LogP contribution in [0.4, 0.5) is 10.5 Å². The highest BCUT2D eigenvalue weighted by Crippen LogP contribution is 2.32. The monoisotopic (exact) mass is 384 g/mol. The van der Waals surface area contributed by atoms with Crippen molar-refractivity contribution in [2.75, 3.05) is 19.0 Å². The van der Waals surface area contributed by atoms with Crippen molar-refractivity contribution in [2.24, 2.45) is 0 Å². The zero-order valence-electron chi connectivity index (χ0n) is 14.3. The Balaban J connectivity index is 1.71. The summed E-state index contributed by atoms with van der Waals surface area (Å²) in [5.41, 5.74) is 0.917. The highest BCUT2D eigenvalue weighted by atomic mass is 32.2. The Labute approximate surface area is 159 Å². The van der Waals surface area contributed by atoms with Crippen molar-refractivity contribution in [3.05, 3.63) is 59.0 Å². The highest BCUT2D eigenvalue weighted by Gasteiger charge is 2.36. The van der Waals surface area contributed by atoms with Gasteiger partial charge >= 0.3 is 0 Å². The molecule has 0 spiro atoms. The second-order valence-electron chi connectivity index (χ2n) is 5.61. The lowest BCUT2D eigenvalue weighted by molar-refractivity contribution is -0.127.